The first kappa shape index (κ1) is 17.1. The zero-order valence-corrected chi connectivity index (χ0v) is 14.1. The molecule has 2 heterocycles. The van der Waals surface area contributed by atoms with Crippen molar-refractivity contribution >= 4 is 23.2 Å². The molecule has 0 aliphatic carbocycles. The van der Waals surface area contributed by atoms with E-state index in [0.717, 1.165) is 5.56 Å². The van der Waals surface area contributed by atoms with Crippen LogP contribution in [0.15, 0.2) is 24.5 Å². The standard InChI is InChI=1S/C16H19N3O3S/c1-4-9(2)12(16(21)22)19-14(20)13-10(3)18-15(23-13)11-5-7-17-8-6-11/h5-9,12H,4H2,1-3H3,(H,19,20)(H,21,22). The fraction of sp³-hybridized carbons (Fsp3) is 0.375. The highest BCUT2D eigenvalue weighted by Crippen LogP contribution is 2.27. The van der Waals surface area contributed by atoms with Crippen LogP contribution in [0.3, 0.4) is 0 Å². The fourth-order valence-electron chi connectivity index (χ4n) is 2.11. The fourth-order valence-corrected chi connectivity index (χ4v) is 3.09. The molecule has 2 unspecified atom stereocenters. The Kier molecular flexibility index (Phi) is 5.44. The molecule has 2 atom stereocenters. The van der Waals surface area contributed by atoms with Gasteiger partial charge in [0.05, 0.1) is 5.69 Å². The molecule has 0 fully saturated rings. The van der Waals surface area contributed by atoms with Crippen molar-refractivity contribution < 1.29 is 14.7 Å². The van der Waals surface area contributed by atoms with E-state index in [1.807, 2.05) is 19.1 Å². The smallest absolute Gasteiger partial charge is 0.326 e. The summed E-state index contributed by atoms with van der Waals surface area (Å²) < 4.78 is 0. The molecular weight excluding hydrogens is 314 g/mol. The van der Waals surface area contributed by atoms with Gasteiger partial charge in [0.25, 0.3) is 5.91 Å². The molecule has 6 nitrogen and oxygen atoms in total. The Hall–Kier alpha value is -2.28. The third kappa shape index (κ3) is 3.92. The van der Waals surface area contributed by atoms with Crippen molar-refractivity contribution in [3.63, 3.8) is 0 Å². The Morgan fingerprint density at radius 2 is 2.00 bits per heavy atom. The van der Waals surface area contributed by atoms with E-state index in [9.17, 15) is 14.7 Å². The van der Waals surface area contributed by atoms with Gasteiger partial charge in [0, 0.05) is 18.0 Å². The van der Waals surface area contributed by atoms with Gasteiger partial charge in [-0.2, -0.15) is 0 Å². The lowest BCUT2D eigenvalue weighted by atomic mass is 9.99. The summed E-state index contributed by atoms with van der Waals surface area (Å²) in [6.07, 6.45) is 3.99. The molecule has 0 radical (unpaired) electrons. The van der Waals surface area contributed by atoms with Gasteiger partial charge < -0.3 is 10.4 Å². The van der Waals surface area contributed by atoms with E-state index < -0.39 is 17.9 Å². The first-order valence-electron chi connectivity index (χ1n) is 7.35. The maximum atomic E-state index is 12.4. The third-order valence-electron chi connectivity index (χ3n) is 3.70. The summed E-state index contributed by atoms with van der Waals surface area (Å²) in [6.45, 7) is 5.45. The number of aliphatic carboxylic acids is 1. The molecule has 7 heteroatoms. The van der Waals surface area contributed by atoms with Crippen LogP contribution in [0.5, 0.6) is 0 Å². The number of carbonyl (C=O) groups is 2. The summed E-state index contributed by atoms with van der Waals surface area (Å²) in [5, 5.41) is 12.6. The van der Waals surface area contributed by atoms with E-state index in [1.54, 1.807) is 26.2 Å². The Balaban J connectivity index is 2.23. The van der Waals surface area contributed by atoms with Crippen LogP contribution in [-0.2, 0) is 4.79 Å². The molecule has 122 valence electrons. The maximum absolute atomic E-state index is 12.4. The summed E-state index contributed by atoms with van der Waals surface area (Å²) >= 11 is 1.25. The minimum absolute atomic E-state index is 0.149. The number of nitrogens with zero attached hydrogens (tertiary/aromatic N) is 2. The molecule has 0 aromatic carbocycles. The Labute approximate surface area is 138 Å². The first-order chi connectivity index (χ1) is 10.9. The number of aryl methyl sites for hydroxylation is 1. The second-order valence-electron chi connectivity index (χ2n) is 5.34. The first-order valence-corrected chi connectivity index (χ1v) is 8.17. The van der Waals surface area contributed by atoms with Crippen molar-refractivity contribution in [1.82, 2.24) is 15.3 Å². The number of hydrogen-bond donors (Lipinski definition) is 2. The minimum atomic E-state index is -1.02. The van der Waals surface area contributed by atoms with E-state index in [2.05, 4.69) is 15.3 Å². The molecule has 0 saturated carbocycles. The van der Waals surface area contributed by atoms with Gasteiger partial charge in [-0.1, -0.05) is 20.3 Å². The van der Waals surface area contributed by atoms with Crippen molar-refractivity contribution in [3.05, 3.63) is 35.1 Å². The quantitative estimate of drug-likeness (QED) is 0.848. The summed E-state index contributed by atoms with van der Waals surface area (Å²) in [5.41, 5.74) is 1.47. The maximum Gasteiger partial charge on any atom is 0.326 e. The molecular formula is C16H19N3O3S. The van der Waals surface area contributed by atoms with E-state index in [0.29, 0.717) is 22.0 Å². The van der Waals surface area contributed by atoms with E-state index in [4.69, 9.17) is 0 Å². The predicted molar refractivity (Wildman–Crippen MR) is 88.4 cm³/mol. The molecule has 2 rings (SSSR count). The SMILES string of the molecule is CCC(C)C(NC(=O)c1sc(-c2ccncc2)nc1C)C(=O)O. The average molecular weight is 333 g/mol. The van der Waals surface area contributed by atoms with Crippen molar-refractivity contribution in [2.45, 2.75) is 33.2 Å². The molecule has 1 amide bonds. The van der Waals surface area contributed by atoms with Crippen LogP contribution in [0.1, 0.15) is 35.6 Å². The van der Waals surface area contributed by atoms with Gasteiger partial charge in [0.1, 0.15) is 15.9 Å². The van der Waals surface area contributed by atoms with Crippen LogP contribution in [-0.4, -0.2) is 33.0 Å². The van der Waals surface area contributed by atoms with Crippen LogP contribution in [0.4, 0.5) is 0 Å². The molecule has 0 aliphatic rings. The molecule has 2 aromatic rings. The number of thiazole rings is 1. The number of carbonyl (C=O) groups excluding carboxylic acids is 1. The van der Waals surface area contributed by atoms with Crippen LogP contribution in [0, 0.1) is 12.8 Å². The van der Waals surface area contributed by atoms with Crippen LogP contribution in [0.25, 0.3) is 10.6 Å². The number of amides is 1. The average Bonchev–Trinajstić information content (AvgIpc) is 2.94. The van der Waals surface area contributed by atoms with Gasteiger partial charge in [0.2, 0.25) is 0 Å². The largest absolute Gasteiger partial charge is 0.480 e. The lowest BCUT2D eigenvalue weighted by Crippen LogP contribution is -2.44. The monoisotopic (exact) mass is 333 g/mol. The van der Waals surface area contributed by atoms with Crippen molar-refractivity contribution in [2.24, 2.45) is 5.92 Å². The lowest BCUT2D eigenvalue weighted by Gasteiger charge is -2.19. The van der Waals surface area contributed by atoms with Gasteiger partial charge in [-0.05, 0) is 25.0 Å². The number of pyridine rings is 1. The number of aromatic nitrogens is 2. The van der Waals surface area contributed by atoms with Crippen molar-refractivity contribution in [3.8, 4) is 10.6 Å². The molecule has 2 aromatic heterocycles. The van der Waals surface area contributed by atoms with Crippen LogP contribution >= 0.6 is 11.3 Å². The second-order valence-corrected chi connectivity index (χ2v) is 6.34. The summed E-state index contributed by atoms with van der Waals surface area (Å²) in [5.74, 6) is -1.57. The number of nitrogens with one attached hydrogen (secondary N) is 1. The van der Waals surface area contributed by atoms with Crippen LogP contribution < -0.4 is 5.32 Å². The zero-order chi connectivity index (χ0) is 17.0. The van der Waals surface area contributed by atoms with E-state index in [1.165, 1.54) is 11.3 Å². The molecule has 0 saturated heterocycles. The highest BCUT2D eigenvalue weighted by atomic mass is 32.1. The zero-order valence-electron chi connectivity index (χ0n) is 13.2. The highest BCUT2D eigenvalue weighted by molar-refractivity contribution is 7.17. The van der Waals surface area contributed by atoms with E-state index in [-0.39, 0.29) is 5.92 Å². The van der Waals surface area contributed by atoms with Gasteiger partial charge >= 0.3 is 5.97 Å². The van der Waals surface area contributed by atoms with Gasteiger partial charge in [-0.25, -0.2) is 9.78 Å². The molecule has 23 heavy (non-hydrogen) atoms. The third-order valence-corrected chi connectivity index (χ3v) is 4.90. The topological polar surface area (TPSA) is 92.2 Å². The summed E-state index contributed by atoms with van der Waals surface area (Å²) in [7, 11) is 0. The van der Waals surface area contributed by atoms with Crippen LogP contribution in [0.2, 0.25) is 0 Å². The van der Waals surface area contributed by atoms with Gasteiger partial charge in [-0.3, -0.25) is 9.78 Å². The highest BCUT2D eigenvalue weighted by Gasteiger charge is 2.27. The number of hydrogen-bond acceptors (Lipinski definition) is 5. The second kappa shape index (κ2) is 7.32. The van der Waals surface area contributed by atoms with Gasteiger partial charge in [0.15, 0.2) is 0 Å². The number of carboxylic acids is 1. The Bertz CT molecular complexity index is 700. The molecule has 0 bridgehead atoms. The van der Waals surface area contributed by atoms with E-state index >= 15 is 0 Å². The van der Waals surface area contributed by atoms with Gasteiger partial charge in [-0.15, -0.1) is 11.3 Å². The normalized spacial score (nSPS) is 13.3. The van der Waals surface area contributed by atoms with Crippen molar-refractivity contribution in [1.29, 1.82) is 0 Å². The number of rotatable bonds is 6. The summed E-state index contributed by atoms with van der Waals surface area (Å²) in [6, 6.07) is 2.73. The molecule has 0 aliphatic heterocycles. The van der Waals surface area contributed by atoms with Crippen molar-refractivity contribution in [2.75, 3.05) is 0 Å². The lowest BCUT2D eigenvalue weighted by molar-refractivity contribution is -0.140. The number of carboxylic acid groups (broad SMARTS) is 1. The minimum Gasteiger partial charge on any atom is -0.480 e. The molecule has 2 N–H and O–H groups in total. The molecule has 0 spiro atoms. The Morgan fingerprint density at radius 3 is 2.57 bits per heavy atom. The Morgan fingerprint density at radius 1 is 1.35 bits per heavy atom. The summed E-state index contributed by atoms with van der Waals surface area (Å²) in [4.78, 5) is 32.6. The predicted octanol–water partition coefficient (Wildman–Crippen LogP) is 2.74.